The van der Waals surface area contributed by atoms with E-state index in [4.69, 9.17) is 0 Å². The SMILES string of the molecule is CN1CCN(NC(=O)C(Br)Cc2ccccc2F)CC1. The molecule has 6 heteroatoms. The highest BCUT2D eigenvalue weighted by molar-refractivity contribution is 9.10. The maximum Gasteiger partial charge on any atom is 0.248 e. The summed E-state index contributed by atoms with van der Waals surface area (Å²) in [4.78, 5) is 13.9. The van der Waals surface area contributed by atoms with E-state index in [1.807, 2.05) is 5.01 Å². The number of rotatable bonds is 4. The fraction of sp³-hybridized carbons (Fsp3) is 0.500. The fourth-order valence-corrected chi connectivity index (χ4v) is 2.54. The molecular weight excluding hydrogens is 325 g/mol. The summed E-state index contributed by atoms with van der Waals surface area (Å²) in [6, 6.07) is 6.53. The monoisotopic (exact) mass is 343 g/mol. The largest absolute Gasteiger partial charge is 0.304 e. The van der Waals surface area contributed by atoms with Crippen LogP contribution in [0.4, 0.5) is 4.39 Å². The lowest BCUT2D eigenvalue weighted by molar-refractivity contribution is -0.126. The van der Waals surface area contributed by atoms with Gasteiger partial charge in [-0.05, 0) is 25.1 Å². The summed E-state index contributed by atoms with van der Waals surface area (Å²) in [6.45, 7) is 3.48. The molecule has 0 spiro atoms. The zero-order valence-corrected chi connectivity index (χ0v) is 13.1. The van der Waals surface area contributed by atoms with Gasteiger partial charge in [0, 0.05) is 26.2 Å². The molecule has 1 aromatic carbocycles. The number of nitrogens with one attached hydrogen (secondary N) is 1. The molecule has 1 aliphatic rings. The Labute approximate surface area is 127 Å². The number of alkyl halides is 1. The van der Waals surface area contributed by atoms with Gasteiger partial charge in [-0.15, -0.1) is 0 Å². The number of hydrazine groups is 1. The lowest BCUT2D eigenvalue weighted by Crippen LogP contribution is -2.54. The summed E-state index contributed by atoms with van der Waals surface area (Å²) in [5, 5.41) is 1.91. The Balaban J connectivity index is 1.84. The maximum atomic E-state index is 13.5. The Morgan fingerprint density at radius 2 is 2.00 bits per heavy atom. The van der Waals surface area contributed by atoms with Crippen LogP contribution in [0, 0.1) is 5.82 Å². The van der Waals surface area contributed by atoms with Crippen molar-refractivity contribution in [1.29, 1.82) is 0 Å². The van der Waals surface area contributed by atoms with E-state index >= 15 is 0 Å². The molecule has 0 aromatic heterocycles. The lowest BCUT2D eigenvalue weighted by atomic mass is 10.1. The molecule has 20 heavy (non-hydrogen) atoms. The van der Waals surface area contributed by atoms with Crippen LogP contribution in [0.5, 0.6) is 0 Å². The first-order chi connectivity index (χ1) is 9.56. The molecular formula is C14H19BrFN3O. The van der Waals surface area contributed by atoms with E-state index in [1.165, 1.54) is 6.07 Å². The topological polar surface area (TPSA) is 35.6 Å². The van der Waals surface area contributed by atoms with Crippen molar-refractivity contribution >= 4 is 21.8 Å². The molecule has 1 saturated heterocycles. The summed E-state index contributed by atoms with van der Waals surface area (Å²) in [5.74, 6) is -0.401. The number of nitrogens with zero attached hydrogens (tertiary/aromatic N) is 2. The van der Waals surface area contributed by atoms with Crippen molar-refractivity contribution in [2.45, 2.75) is 11.2 Å². The van der Waals surface area contributed by atoms with Gasteiger partial charge in [0.15, 0.2) is 0 Å². The highest BCUT2D eigenvalue weighted by atomic mass is 79.9. The van der Waals surface area contributed by atoms with Gasteiger partial charge >= 0.3 is 0 Å². The van der Waals surface area contributed by atoms with Crippen LogP contribution in [-0.4, -0.2) is 53.9 Å². The number of halogens is 2. The number of carbonyl (C=O) groups is 1. The number of benzene rings is 1. The normalized spacial score (nSPS) is 18.8. The highest BCUT2D eigenvalue weighted by Gasteiger charge is 2.21. The molecule has 0 bridgehead atoms. The van der Waals surface area contributed by atoms with E-state index in [2.05, 4.69) is 33.3 Å². The summed E-state index contributed by atoms with van der Waals surface area (Å²) in [7, 11) is 2.06. The van der Waals surface area contributed by atoms with Crippen LogP contribution in [0.2, 0.25) is 0 Å². The van der Waals surface area contributed by atoms with Crippen LogP contribution in [0.3, 0.4) is 0 Å². The molecule has 2 rings (SSSR count). The predicted octanol–water partition coefficient (Wildman–Crippen LogP) is 1.41. The number of hydrogen-bond acceptors (Lipinski definition) is 3. The Bertz CT molecular complexity index is 463. The molecule has 1 fully saturated rings. The van der Waals surface area contributed by atoms with Crippen molar-refractivity contribution in [2.75, 3.05) is 33.2 Å². The van der Waals surface area contributed by atoms with Crippen LogP contribution >= 0.6 is 15.9 Å². The first kappa shape index (κ1) is 15.4. The molecule has 0 radical (unpaired) electrons. The lowest BCUT2D eigenvalue weighted by Gasteiger charge is -2.32. The van der Waals surface area contributed by atoms with Crippen LogP contribution in [0.15, 0.2) is 24.3 Å². The summed E-state index contributed by atoms with van der Waals surface area (Å²) in [5.41, 5.74) is 3.42. The number of hydrogen-bond donors (Lipinski definition) is 1. The third-order valence-corrected chi connectivity index (χ3v) is 4.15. The summed E-state index contributed by atoms with van der Waals surface area (Å²) in [6.07, 6.45) is 0.340. The van der Waals surface area contributed by atoms with Crippen LogP contribution in [0.25, 0.3) is 0 Å². The van der Waals surface area contributed by atoms with Crippen molar-refractivity contribution in [3.8, 4) is 0 Å². The average molecular weight is 344 g/mol. The van der Waals surface area contributed by atoms with Crippen molar-refractivity contribution in [1.82, 2.24) is 15.3 Å². The zero-order chi connectivity index (χ0) is 14.5. The van der Waals surface area contributed by atoms with Gasteiger partial charge in [0.25, 0.3) is 0 Å². The van der Waals surface area contributed by atoms with E-state index in [9.17, 15) is 9.18 Å². The van der Waals surface area contributed by atoms with Gasteiger partial charge in [-0.3, -0.25) is 10.2 Å². The Morgan fingerprint density at radius 1 is 1.35 bits per heavy atom. The zero-order valence-electron chi connectivity index (χ0n) is 11.5. The molecule has 1 aliphatic heterocycles. The molecule has 1 unspecified atom stereocenters. The van der Waals surface area contributed by atoms with Gasteiger partial charge in [-0.2, -0.15) is 0 Å². The van der Waals surface area contributed by atoms with Gasteiger partial charge in [0.1, 0.15) is 5.82 Å². The van der Waals surface area contributed by atoms with Gasteiger partial charge in [0.05, 0.1) is 4.83 Å². The first-order valence-corrected chi connectivity index (χ1v) is 7.59. The minimum absolute atomic E-state index is 0.127. The molecule has 110 valence electrons. The smallest absolute Gasteiger partial charge is 0.248 e. The van der Waals surface area contributed by atoms with Crippen molar-refractivity contribution in [2.24, 2.45) is 0 Å². The Morgan fingerprint density at radius 3 is 2.65 bits per heavy atom. The molecule has 0 aliphatic carbocycles. The van der Waals surface area contributed by atoms with E-state index in [0.29, 0.717) is 12.0 Å². The van der Waals surface area contributed by atoms with E-state index in [-0.39, 0.29) is 11.7 Å². The number of piperazine rings is 1. The number of carbonyl (C=O) groups excluding carboxylic acids is 1. The number of likely N-dealkylation sites (N-methyl/N-ethyl adjacent to an activating group) is 1. The molecule has 0 saturated carbocycles. The minimum atomic E-state index is -0.431. The van der Waals surface area contributed by atoms with Crippen molar-refractivity contribution in [3.63, 3.8) is 0 Å². The molecule has 1 N–H and O–H groups in total. The maximum absolute atomic E-state index is 13.5. The minimum Gasteiger partial charge on any atom is -0.304 e. The molecule has 4 nitrogen and oxygen atoms in total. The second kappa shape index (κ2) is 7.15. The fourth-order valence-electron chi connectivity index (χ4n) is 2.09. The predicted molar refractivity (Wildman–Crippen MR) is 80.0 cm³/mol. The Kier molecular flexibility index (Phi) is 5.51. The van der Waals surface area contributed by atoms with Gasteiger partial charge in [-0.1, -0.05) is 34.1 Å². The molecule has 1 heterocycles. The third kappa shape index (κ3) is 4.26. The van der Waals surface area contributed by atoms with Gasteiger partial charge in [-0.25, -0.2) is 9.40 Å². The first-order valence-electron chi connectivity index (χ1n) is 6.67. The highest BCUT2D eigenvalue weighted by Crippen LogP contribution is 2.14. The van der Waals surface area contributed by atoms with E-state index in [1.54, 1.807) is 18.2 Å². The van der Waals surface area contributed by atoms with Crippen molar-refractivity contribution in [3.05, 3.63) is 35.6 Å². The number of amides is 1. The standard InChI is InChI=1S/C14H19BrFN3O/c1-18-6-8-19(9-7-18)17-14(20)12(15)10-11-4-2-3-5-13(11)16/h2-5,12H,6-10H2,1H3,(H,17,20). The van der Waals surface area contributed by atoms with Gasteiger partial charge in [0.2, 0.25) is 5.91 Å². The molecule has 1 atom stereocenters. The summed E-state index contributed by atoms with van der Waals surface area (Å²) >= 11 is 3.34. The average Bonchev–Trinajstić information content (AvgIpc) is 2.44. The van der Waals surface area contributed by atoms with Crippen LogP contribution < -0.4 is 5.43 Å². The second-order valence-electron chi connectivity index (χ2n) is 5.03. The molecule has 1 amide bonds. The van der Waals surface area contributed by atoms with E-state index < -0.39 is 4.83 Å². The van der Waals surface area contributed by atoms with Crippen LogP contribution in [0.1, 0.15) is 5.56 Å². The Hall–Kier alpha value is -0.980. The quantitative estimate of drug-likeness (QED) is 0.839. The van der Waals surface area contributed by atoms with Crippen LogP contribution in [-0.2, 0) is 11.2 Å². The summed E-state index contributed by atoms with van der Waals surface area (Å²) < 4.78 is 13.5. The third-order valence-electron chi connectivity index (χ3n) is 3.41. The molecule has 1 aromatic rings. The second-order valence-corrected chi connectivity index (χ2v) is 6.13. The van der Waals surface area contributed by atoms with Crippen molar-refractivity contribution < 1.29 is 9.18 Å². The van der Waals surface area contributed by atoms with E-state index in [0.717, 1.165) is 26.2 Å². The van der Waals surface area contributed by atoms with Gasteiger partial charge < -0.3 is 4.90 Å².